The van der Waals surface area contributed by atoms with Crippen LogP contribution in [-0.2, 0) is 5.54 Å². The van der Waals surface area contributed by atoms with Crippen molar-refractivity contribution in [3.8, 4) is 0 Å². The second-order valence-corrected chi connectivity index (χ2v) is 6.09. The van der Waals surface area contributed by atoms with Gasteiger partial charge in [-0.2, -0.15) is 0 Å². The molecule has 0 spiro atoms. The average Bonchev–Trinajstić information content (AvgIpc) is 2.37. The van der Waals surface area contributed by atoms with E-state index in [0.29, 0.717) is 5.92 Å². The van der Waals surface area contributed by atoms with E-state index in [2.05, 4.69) is 70.5 Å². The van der Waals surface area contributed by atoms with E-state index in [1.165, 1.54) is 11.1 Å². The summed E-state index contributed by atoms with van der Waals surface area (Å²) < 4.78 is 1.11. The third-order valence-corrected chi connectivity index (χ3v) is 4.44. The summed E-state index contributed by atoms with van der Waals surface area (Å²) >= 11 is 3.46. The highest BCUT2D eigenvalue weighted by atomic mass is 79.9. The number of benzene rings is 2. The van der Waals surface area contributed by atoms with Gasteiger partial charge in [-0.15, -0.1) is 0 Å². The van der Waals surface area contributed by atoms with Gasteiger partial charge in [0.25, 0.3) is 0 Å². The van der Waals surface area contributed by atoms with E-state index in [9.17, 15) is 0 Å². The van der Waals surface area contributed by atoms with E-state index in [4.69, 9.17) is 5.73 Å². The maximum Gasteiger partial charge on any atom is 0.0421 e. The van der Waals surface area contributed by atoms with Crippen molar-refractivity contribution < 1.29 is 0 Å². The molecule has 0 bridgehead atoms. The normalized spacial score (nSPS) is 26.7. The zero-order valence-electron chi connectivity index (χ0n) is 10.1. The van der Waals surface area contributed by atoms with Crippen LogP contribution in [-0.4, -0.2) is 0 Å². The lowest BCUT2D eigenvalue weighted by Crippen LogP contribution is -2.47. The summed E-state index contributed by atoms with van der Waals surface area (Å²) in [4.78, 5) is 0. The minimum atomic E-state index is -0.138. The zero-order valence-corrected chi connectivity index (χ0v) is 11.7. The quantitative estimate of drug-likeness (QED) is 0.885. The summed E-state index contributed by atoms with van der Waals surface area (Å²) in [6.07, 6.45) is 2.08. The van der Waals surface area contributed by atoms with Gasteiger partial charge in [0.1, 0.15) is 0 Å². The van der Waals surface area contributed by atoms with Gasteiger partial charge < -0.3 is 5.73 Å². The molecule has 1 aliphatic carbocycles. The van der Waals surface area contributed by atoms with Crippen LogP contribution in [0.1, 0.15) is 29.9 Å². The SMILES string of the molecule is NC1(c2ccc(Br)cc2)CC(c2ccccc2)C1. The monoisotopic (exact) mass is 301 g/mol. The van der Waals surface area contributed by atoms with E-state index in [0.717, 1.165) is 17.3 Å². The van der Waals surface area contributed by atoms with Crippen LogP contribution in [0.3, 0.4) is 0 Å². The molecule has 1 saturated carbocycles. The van der Waals surface area contributed by atoms with Crippen LogP contribution in [0.25, 0.3) is 0 Å². The molecule has 18 heavy (non-hydrogen) atoms. The van der Waals surface area contributed by atoms with Gasteiger partial charge in [-0.25, -0.2) is 0 Å². The molecule has 1 fully saturated rings. The summed E-state index contributed by atoms with van der Waals surface area (Å²) in [7, 11) is 0. The Morgan fingerprint density at radius 2 is 1.56 bits per heavy atom. The topological polar surface area (TPSA) is 26.0 Å². The molecule has 2 aromatic rings. The van der Waals surface area contributed by atoms with E-state index >= 15 is 0 Å². The smallest absolute Gasteiger partial charge is 0.0421 e. The van der Waals surface area contributed by atoms with Gasteiger partial charge in [0.05, 0.1) is 0 Å². The molecule has 2 N–H and O–H groups in total. The van der Waals surface area contributed by atoms with Crippen LogP contribution in [0, 0.1) is 0 Å². The molecule has 0 amide bonds. The molecule has 0 aromatic heterocycles. The highest BCUT2D eigenvalue weighted by Crippen LogP contribution is 2.49. The van der Waals surface area contributed by atoms with Crippen molar-refractivity contribution in [2.75, 3.05) is 0 Å². The van der Waals surface area contributed by atoms with Gasteiger partial charge in [-0.3, -0.25) is 0 Å². The van der Waals surface area contributed by atoms with Crippen molar-refractivity contribution in [1.29, 1.82) is 0 Å². The van der Waals surface area contributed by atoms with E-state index in [1.807, 2.05) is 0 Å². The second-order valence-electron chi connectivity index (χ2n) is 5.18. The van der Waals surface area contributed by atoms with Crippen LogP contribution in [0.15, 0.2) is 59.1 Å². The zero-order chi connectivity index (χ0) is 12.6. The first-order valence-corrected chi connectivity index (χ1v) is 7.06. The van der Waals surface area contributed by atoms with Gasteiger partial charge in [-0.05, 0) is 42.0 Å². The highest BCUT2D eigenvalue weighted by Gasteiger charge is 2.42. The largest absolute Gasteiger partial charge is 0.321 e. The van der Waals surface area contributed by atoms with Crippen molar-refractivity contribution in [1.82, 2.24) is 0 Å². The van der Waals surface area contributed by atoms with Gasteiger partial charge in [0, 0.05) is 10.0 Å². The predicted octanol–water partition coefficient (Wildman–Crippen LogP) is 4.18. The van der Waals surface area contributed by atoms with E-state index in [-0.39, 0.29) is 5.54 Å². The maximum absolute atomic E-state index is 6.49. The van der Waals surface area contributed by atoms with Crippen LogP contribution < -0.4 is 5.73 Å². The fraction of sp³-hybridized carbons (Fsp3) is 0.250. The molecule has 0 heterocycles. The Morgan fingerprint density at radius 1 is 0.944 bits per heavy atom. The Hall–Kier alpha value is -1.12. The van der Waals surface area contributed by atoms with Crippen molar-refractivity contribution in [3.05, 3.63) is 70.2 Å². The summed E-state index contributed by atoms with van der Waals surface area (Å²) in [5, 5.41) is 0. The van der Waals surface area contributed by atoms with Crippen molar-refractivity contribution in [3.63, 3.8) is 0 Å². The molecule has 92 valence electrons. The number of nitrogens with two attached hydrogens (primary N) is 1. The maximum atomic E-state index is 6.49. The van der Waals surface area contributed by atoms with Crippen molar-refractivity contribution >= 4 is 15.9 Å². The Balaban J connectivity index is 1.76. The molecule has 3 rings (SSSR count). The number of hydrogen-bond acceptors (Lipinski definition) is 1. The molecule has 0 atom stereocenters. The summed E-state index contributed by atoms with van der Waals surface area (Å²) in [6, 6.07) is 19.1. The molecule has 0 aliphatic heterocycles. The first-order valence-electron chi connectivity index (χ1n) is 6.27. The third kappa shape index (κ3) is 2.11. The molecule has 1 nitrogen and oxygen atoms in total. The van der Waals surface area contributed by atoms with Crippen molar-refractivity contribution in [2.24, 2.45) is 5.73 Å². The van der Waals surface area contributed by atoms with Crippen LogP contribution in [0.5, 0.6) is 0 Å². The lowest BCUT2D eigenvalue weighted by atomic mass is 9.63. The molecular formula is C16H16BrN. The first kappa shape index (κ1) is 11.9. The molecule has 2 heteroatoms. The minimum Gasteiger partial charge on any atom is -0.321 e. The van der Waals surface area contributed by atoms with E-state index in [1.54, 1.807) is 0 Å². The molecule has 2 aromatic carbocycles. The molecule has 0 radical (unpaired) electrons. The van der Waals surface area contributed by atoms with Crippen LogP contribution >= 0.6 is 15.9 Å². The van der Waals surface area contributed by atoms with Gasteiger partial charge in [-0.1, -0.05) is 58.4 Å². The van der Waals surface area contributed by atoms with Gasteiger partial charge >= 0.3 is 0 Å². The lowest BCUT2D eigenvalue weighted by molar-refractivity contribution is 0.209. The lowest BCUT2D eigenvalue weighted by Gasteiger charge is -2.45. The number of rotatable bonds is 2. The van der Waals surface area contributed by atoms with Gasteiger partial charge in [0.15, 0.2) is 0 Å². The predicted molar refractivity (Wildman–Crippen MR) is 78.4 cm³/mol. The Kier molecular flexibility index (Phi) is 3.00. The average molecular weight is 302 g/mol. The first-order chi connectivity index (χ1) is 8.67. The third-order valence-electron chi connectivity index (χ3n) is 3.91. The van der Waals surface area contributed by atoms with Crippen molar-refractivity contribution in [2.45, 2.75) is 24.3 Å². The van der Waals surface area contributed by atoms with E-state index < -0.39 is 0 Å². The Bertz CT molecular complexity index is 527. The minimum absolute atomic E-state index is 0.138. The summed E-state index contributed by atoms with van der Waals surface area (Å²) in [6.45, 7) is 0. The standard InChI is InChI=1S/C16H16BrN/c17-15-8-6-14(7-9-15)16(18)10-13(11-16)12-4-2-1-3-5-12/h1-9,13H,10-11,18H2. The fourth-order valence-corrected chi connectivity index (χ4v) is 3.06. The summed E-state index contributed by atoms with van der Waals surface area (Å²) in [5.41, 5.74) is 9.01. The summed E-state index contributed by atoms with van der Waals surface area (Å²) in [5.74, 6) is 0.611. The Morgan fingerprint density at radius 3 is 2.17 bits per heavy atom. The van der Waals surface area contributed by atoms with Gasteiger partial charge in [0.2, 0.25) is 0 Å². The number of halogens is 1. The highest BCUT2D eigenvalue weighted by molar-refractivity contribution is 9.10. The molecular weight excluding hydrogens is 286 g/mol. The molecule has 0 saturated heterocycles. The van der Waals surface area contributed by atoms with Crippen LogP contribution in [0.2, 0.25) is 0 Å². The second kappa shape index (κ2) is 4.52. The molecule has 0 unspecified atom stereocenters. The molecule has 1 aliphatic rings. The number of hydrogen-bond donors (Lipinski definition) is 1. The fourth-order valence-electron chi connectivity index (χ4n) is 2.80. The van der Waals surface area contributed by atoms with Crippen LogP contribution in [0.4, 0.5) is 0 Å². The Labute approximate surface area is 116 Å².